The smallest absolute Gasteiger partial charge is 0.324 e. The maximum absolute atomic E-state index is 13.4. The lowest BCUT2D eigenvalue weighted by Gasteiger charge is -2.14. The van der Waals surface area contributed by atoms with Crippen LogP contribution in [0.4, 0.5) is 27.9 Å². The number of nitrogens with one attached hydrogen (secondary N) is 3. The van der Waals surface area contributed by atoms with Gasteiger partial charge in [0.2, 0.25) is 11.8 Å². The zero-order chi connectivity index (χ0) is 32.8. The lowest BCUT2D eigenvalue weighted by molar-refractivity contribution is 0.262. The SMILES string of the molecule is CCCCc1cc(NC(=O)Nc2ccc(Oc3ccnc(Nc4ccc(OC)c(Cl)c4)n3)c3ccccc23)n(-c2ccc(C)cc2)n1. The first-order valence-corrected chi connectivity index (χ1v) is 15.6. The Morgan fingerprint density at radius 1 is 0.915 bits per heavy atom. The van der Waals surface area contributed by atoms with Crippen molar-refractivity contribution in [2.75, 3.05) is 23.1 Å². The molecule has 0 saturated heterocycles. The van der Waals surface area contributed by atoms with Gasteiger partial charge in [0.25, 0.3) is 0 Å². The van der Waals surface area contributed by atoms with Crippen molar-refractivity contribution in [2.45, 2.75) is 33.1 Å². The zero-order valence-electron chi connectivity index (χ0n) is 26.3. The predicted molar refractivity (Wildman–Crippen MR) is 187 cm³/mol. The van der Waals surface area contributed by atoms with Gasteiger partial charge in [-0.15, -0.1) is 0 Å². The molecule has 2 amide bonds. The number of hydrogen-bond acceptors (Lipinski definition) is 7. The van der Waals surface area contributed by atoms with Crippen molar-refractivity contribution >= 4 is 51.5 Å². The molecule has 0 aliphatic rings. The molecule has 47 heavy (non-hydrogen) atoms. The molecule has 3 N–H and O–H groups in total. The van der Waals surface area contributed by atoms with Crippen molar-refractivity contribution < 1.29 is 14.3 Å². The predicted octanol–water partition coefficient (Wildman–Crippen LogP) is 9.31. The van der Waals surface area contributed by atoms with E-state index in [0.717, 1.165) is 47.0 Å². The van der Waals surface area contributed by atoms with Crippen molar-refractivity contribution in [3.05, 3.63) is 113 Å². The summed E-state index contributed by atoms with van der Waals surface area (Å²) in [7, 11) is 1.56. The minimum atomic E-state index is -0.385. The van der Waals surface area contributed by atoms with Crippen LogP contribution in [0.3, 0.4) is 0 Å². The monoisotopic (exact) mass is 647 g/mol. The third-order valence-corrected chi connectivity index (χ3v) is 7.75. The number of halogens is 1. The highest BCUT2D eigenvalue weighted by atomic mass is 35.5. The lowest BCUT2D eigenvalue weighted by atomic mass is 10.1. The molecule has 2 aromatic heterocycles. The van der Waals surface area contributed by atoms with Gasteiger partial charge in [-0.25, -0.2) is 14.5 Å². The Labute approximate surface area is 277 Å². The summed E-state index contributed by atoms with van der Waals surface area (Å²) < 4.78 is 13.2. The van der Waals surface area contributed by atoms with Gasteiger partial charge < -0.3 is 20.1 Å². The van der Waals surface area contributed by atoms with Gasteiger partial charge in [0, 0.05) is 34.8 Å². The van der Waals surface area contributed by atoms with E-state index in [2.05, 4.69) is 32.8 Å². The first kappa shape index (κ1) is 31.4. The maximum atomic E-state index is 13.4. The molecule has 0 atom stereocenters. The summed E-state index contributed by atoms with van der Waals surface area (Å²) in [6.07, 6.45) is 4.51. The number of hydrogen-bond donors (Lipinski definition) is 3. The van der Waals surface area contributed by atoms with E-state index in [1.807, 2.05) is 67.6 Å². The molecule has 238 valence electrons. The minimum Gasteiger partial charge on any atom is -0.495 e. The molecule has 0 radical (unpaired) electrons. The summed E-state index contributed by atoms with van der Waals surface area (Å²) in [5.41, 5.74) is 4.27. The van der Waals surface area contributed by atoms with Gasteiger partial charge in [-0.1, -0.05) is 66.9 Å². The topological polar surface area (TPSA) is 115 Å². The molecule has 0 unspecified atom stereocenters. The molecule has 6 aromatic rings. The van der Waals surface area contributed by atoms with Crippen molar-refractivity contribution in [1.82, 2.24) is 19.7 Å². The van der Waals surface area contributed by atoms with Crippen LogP contribution in [-0.4, -0.2) is 32.9 Å². The molecule has 0 fully saturated rings. The van der Waals surface area contributed by atoms with Crippen LogP contribution < -0.4 is 25.4 Å². The first-order chi connectivity index (χ1) is 22.9. The average molecular weight is 648 g/mol. The zero-order valence-corrected chi connectivity index (χ0v) is 27.0. The third kappa shape index (κ3) is 7.45. The minimum absolute atomic E-state index is 0.339. The third-order valence-electron chi connectivity index (χ3n) is 7.45. The number of nitrogens with zero attached hydrogens (tertiary/aromatic N) is 4. The second-order valence-corrected chi connectivity index (χ2v) is 11.3. The highest BCUT2D eigenvalue weighted by Gasteiger charge is 2.15. The molecule has 0 bridgehead atoms. The van der Waals surface area contributed by atoms with Crippen LogP contribution in [-0.2, 0) is 6.42 Å². The summed E-state index contributed by atoms with van der Waals surface area (Å²) in [5, 5.41) is 16.0. The molecule has 0 spiro atoms. The number of amides is 2. The molecule has 0 aliphatic carbocycles. The number of fused-ring (bicyclic) bond motifs is 1. The summed E-state index contributed by atoms with van der Waals surface area (Å²) in [5.74, 6) is 2.41. The van der Waals surface area contributed by atoms with Crippen LogP contribution in [0.25, 0.3) is 16.5 Å². The quantitative estimate of drug-likeness (QED) is 0.128. The normalized spacial score (nSPS) is 10.9. The Morgan fingerprint density at radius 2 is 1.70 bits per heavy atom. The van der Waals surface area contributed by atoms with Gasteiger partial charge in [-0.2, -0.15) is 10.1 Å². The van der Waals surface area contributed by atoms with Crippen molar-refractivity contribution in [2.24, 2.45) is 0 Å². The van der Waals surface area contributed by atoms with Crippen LogP contribution in [0.5, 0.6) is 17.4 Å². The largest absolute Gasteiger partial charge is 0.495 e. The molecular weight excluding hydrogens is 614 g/mol. The second kappa shape index (κ2) is 14.2. The molecule has 4 aromatic carbocycles. The van der Waals surface area contributed by atoms with E-state index in [1.54, 1.807) is 48.3 Å². The van der Waals surface area contributed by atoms with Crippen LogP contribution in [0.2, 0.25) is 5.02 Å². The van der Waals surface area contributed by atoms with Crippen molar-refractivity contribution in [3.8, 4) is 23.1 Å². The Morgan fingerprint density at radius 3 is 2.47 bits per heavy atom. The summed E-state index contributed by atoms with van der Waals surface area (Å²) in [6, 6.07) is 27.9. The summed E-state index contributed by atoms with van der Waals surface area (Å²) in [4.78, 5) is 22.2. The highest BCUT2D eigenvalue weighted by molar-refractivity contribution is 6.32. The van der Waals surface area contributed by atoms with E-state index in [0.29, 0.717) is 45.5 Å². The number of aryl methyl sites for hydroxylation is 2. The van der Waals surface area contributed by atoms with Crippen molar-refractivity contribution in [3.63, 3.8) is 0 Å². The van der Waals surface area contributed by atoms with E-state index in [1.165, 1.54) is 0 Å². The van der Waals surface area contributed by atoms with E-state index in [9.17, 15) is 4.79 Å². The number of carbonyl (C=O) groups is 1. The molecule has 10 nitrogen and oxygen atoms in total. The van der Waals surface area contributed by atoms with Crippen LogP contribution >= 0.6 is 11.6 Å². The lowest BCUT2D eigenvalue weighted by Crippen LogP contribution is -2.21. The van der Waals surface area contributed by atoms with E-state index < -0.39 is 0 Å². The second-order valence-electron chi connectivity index (χ2n) is 10.9. The Hall–Kier alpha value is -5.61. The van der Waals surface area contributed by atoms with Gasteiger partial charge in [0.1, 0.15) is 17.3 Å². The number of rotatable bonds is 11. The van der Waals surface area contributed by atoms with Gasteiger partial charge in [0.15, 0.2) is 0 Å². The number of anilines is 4. The number of methoxy groups -OCH3 is 1. The number of benzene rings is 4. The highest BCUT2D eigenvalue weighted by Crippen LogP contribution is 2.35. The maximum Gasteiger partial charge on any atom is 0.324 e. The fraction of sp³-hybridized carbons (Fsp3) is 0.167. The van der Waals surface area contributed by atoms with E-state index >= 15 is 0 Å². The number of ether oxygens (including phenoxy) is 2. The Kier molecular flexibility index (Phi) is 9.49. The van der Waals surface area contributed by atoms with Gasteiger partial charge in [-0.05, 0) is 62.2 Å². The van der Waals surface area contributed by atoms with E-state index in [4.69, 9.17) is 26.2 Å². The number of carbonyl (C=O) groups excluding carboxylic acids is 1. The Balaban J connectivity index is 1.20. The van der Waals surface area contributed by atoms with Gasteiger partial charge >= 0.3 is 6.03 Å². The fourth-order valence-corrected chi connectivity index (χ4v) is 5.32. The molecule has 2 heterocycles. The molecule has 6 rings (SSSR count). The fourth-order valence-electron chi connectivity index (χ4n) is 5.07. The number of urea groups is 1. The molecule has 11 heteroatoms. The summed E-state index contributed by atoms with van der Waals surface area (Å²) >= 11 is 6.26. The van der Waals surface area contributed by atoms with Gasteiger partial charge in [-0.3, -0.25) is 5.32 Å². The Bertz CT molecular complexity index is 2030. The van der Waals surface area contributed by atoms with Crippen LogP contribution in [0, 0.1) is 6.92 Å². The summed E-state index contributed by atoms with van der Waals surface area (Å²) in [6.45, 7) is 4.18. The number of unbranched alkanes of at least 4 members (excludes halogenated alkanes) is 1. The van der Waals surface area contributed by atoms with E-state index in [-0.39, 0.29) is 6.03 Å². The van der Waals surface area contributed by atoms with Crippen LogP contribution in [0.1, 0.15) is 31.0 Å². The number of aromatic nitrogens is 4. The molecular formula is C36H34ClN7O3. The van der Waals surface area contributed by atoms with Crippen molar-refractivity contribution in [1.29, 1.82) is 0 Å². The first-order valence-electron chi connectivity index (χ1n) is 15.3. The molecule has 0 saturated carbocycles. The van der Waals surface area contributed by atoms with Crippen LogP contribution in [0.15, 0.2) is 97.2 Å². The molecule has 0 aliphatic heterocycles. The van der Waals surface area contributed by atoms with Gasteiger partial charge in [0.05, 0.1) is 29.2 Å². The average Bonchev–Trinajstić information content (AvgIpc) is 3.47. The standard InChI is InChI=1S/C36H34ClN7O3/c1-4-5-8-25-22-33(44(43-25)26-14-11-23(2)12-15-26)41-36(45)40-30-16-18-31(28-10-7-6-9-27(28)30)47-34-19-20-38-35(42-34)39-24-13-17-32(46-3)29(37)21-24/h6-7,9-22H,4-5,8H2,1-3H3,(H,38,39,42)(H2,40,41,45).